The lowest BCUT2D eigenvalue weighted by molar-refractivity contribution is 0.0906. The number of aliphatic hydroxyl groups excluding tert-OH is 1. The number of aliphatic hydroxyl groups is 1. The van der Waals surface area contributed by atoms with E-state index in [1.807, 2.05) is 20.8 Å². The highest BCUT2D eigenvalue weighted by Crippen LogP contribution is 2.19. The SMILES string of the molecule is Cc1[nH]nc(C(C)C)c1C(=O)NC(CO)CC(C)C. The molecule has 0 bridgehead atoms. The molecule has 0 aliphatic carbocycles. The van der Waals surface area contributed by atoms with Crippen molar-refractivity contribution in [3.05, 3.63) is 17.0 Å². The lowest BCUT2D eigenvalue weighted by Gasteiger charge is -2.18. The maximum atomic E-state index is 12.3. The second-order valence-electron chi connectivity index (χ2n) is 5.75. The van der Waals surface area contributed by atoms with E-state index in [0.717, 1.165) is 17.8 Å². The van der Waals surface area contributed by atoms with Crippen molar-refractivity contribution < 1.29 is 9.90 Å². The van der Waals surface area contributed by atoms with E-state index < -0.39 is 0 Å². The van der Waals surface area contributed by atoms with Gasteiger partial charge in [-0.2, -0.15) is 5.10 Å². The summed E-state index contributed by atoms with van der Waals surface area (Å²) >= 11 is 0. The molecule has 1 rings (SSSR count). The van der Waals surface area contributed by atoms with Gasteiger partial charge in [-0.3, -0.25) is 9.89 Å². The van der Waals surface area contributed by atoms with Gasteiger partial charge >= 0.3 is 0 Å². The van der Waals surface area contributed by atoms with Gasteiger partial charge in [-0.25, -0.2) is 0 Å². The van der Waals surface area contributed by atoms with Gasteiger partial charge in [0.15, 0.2) is 0 Å². The van der Waals surface area contributed by atoms with Gasteiger partial charge in [-0.15, -0.1) is 0 Å². The Morgan fingerprint density at radius 1 is 1.37 bits per heavy atom. The molecule has 1 amide bonds. The van der Waals surface area contributed by atoms with Crippen LogP contribution in [0.15, 0.2) is 0 Å². The van der Waals surface area contributed by atoms with Crippen molar-refractivity contribution in [1.82, 2.24) is 15.5 Å². The molecular formula is C14H25N3O2. The van der Waals surface area contributed by atoms with Crippen molar-refractivity contribution in [3.8, 4) is 0 Å². The molecule has 1 atom stereocenters. The van der Waals surface area contributed by atoms with Crippen LogP contribution in [-0.2, 0) is 0 Å². The van der Waals surface area contributed by atoms with Gasteiger partial charge < -0.3 is 10.4 Å². The summed E-state index contributed by atoms with van der Waals surface area (Å²) in [6.07, 6.45) is 0.760. The molecule has 0 radical (unpaired) electrons. The number of H-pyrrole nitrogens is 1. The Labute approximate surface area is 114 Å². The van der Waals surface area contributed by atoms with Crippen molar-refractivity contribution in [3.63, 3.8) is 0 Å². The lowest BCUT2D eigenvalue weighted by Crippen LogP contribution is -2.39. The highest BCUT2D eigenvalue weighted by molar-refractivity contribution is 5.96. The number of carbonyl (C=O) groups excluding carboxylic acids is 1. The maximum Gasteiger partial charge on any atom is 0.255 e. The fourth-order valence-electron chi connectivity index (χ4n) is 2.16. The third-order valence-electron chi connectivity index (χ3n) is 3.06. The first-order valence-electron chi connectivity index (χ1n) is 6.83. The molecule has 0 aliphatic heterocycles. The number of aryl methyl sites for hydroxylation is 1. The molecule has 1 heterocycles. The van der Waals surface area contributed by atoms with Crippen LogP contribution in [0.4, 0.5) is 0 Å². The minimum Gasteiger partial charge on any atom is -0.394 e. The van der Waals surface area contributed by atoms with Crippen LogP contribution in [0.2, 0.25) is 0 Å². The number of hydrogen-bond acceptors (Lipinski definition) is 3. The number of hydrogen-bond donors (Lipinski definition) is 3. The van der Waals surface area contributed by atoms with Gasteiger partial charge in [-0.05, 0) is 25.2 Å². The third-order valence-corrected chi connectivity index (χ3v) is 3.06. The summed E-state index contributed by atoms with van der Waals surface area (Å²) in [4.78, 5) is 12.3. The van der Waals surface area contributed by atoms with Crippen molar-refractivity contribution in [2.75, 3.05) is 6.61 Å². The van der Waals surface area contributed by atoms with Gasteiger partial charge in [0.25, 0.3) is 5.91 Å². The second-order valence-corrected chi connectivity index (χ2v) is 5.75. The first-order chi connectivity index (χ1) is 8.86. The fourth-order valence-corrected chi connectivity index (χ4v) is 2.16. The van der Waals surface area contributed by atoms with E-state index in [-0.39, 0.29) is 24.5 Å². The number of rotatable bonds is 6. The Balaban J connectivity index is 2.85. The standard InChI is InChI=1S/C14H25N3O2/c1-8(2)6-11(7-18)15-14(19)12-10(5)16-17-13(12)9(3)4/h8-9,11,18H,6-7H2,1-5H3,(H,15,19)(H,16,17). The minimum absolute atomic E-state index is 0.0438. The highest BCUT2D eigenvalue weighted by atomic mass is 16.3. The Morgan fingerprint density at radius 3 is 2.47 bits per heavy atom. The molecule has 0 spiro atoms. The van der Waals surface area contributed by atoms with Crippen LogP contribution in [0, 0.1) is 12.8 Å². The predicted octanol–water partition coefficient (Wildman–Crippen LogP) is 1.98. The summed E-state index contributed by atoms with van der Waals surface area (Å²) in [7, 11) is 0. The van der Waals surface area contributed by atoms with Gasteiger partial charge in [0.1, 0.15) is 0 Å². The molecule has 0 aromatic carbocycles. The molecule has 0 fully saturated rings. The van der Waals surface area contributed by atoms with Crippen LogP contribution in [0.25, 0.3) is 0 Å². The number of aromatic amines is 1. The van der Waals surface area contributed by atoms with E-state index in [9.17, 15) is 9.90 Å². The van der Waals surface area contributed by atoms with E-state index in [1.54, 1.807) is 0 Å². The molecular weight excluding hydrogens is 242 g/mol. The molecule has 1 unspecified atom stereocenters. The predicted molar refractivity (Wildman–Crippen MR) is 75.2 cm³/mol. The number of aromatic nitrogens is 2. The van der Waals surface area contributed by atoms with Crippen LogP contribution in [-0.4, -0.2) is 33.9 Å². The zero-order valence-corrected chi connectivity index (χ0v) is 12.4. The summed E-state index contributed by atoms with van der Waals surface area (Å²) in [6.45, 7) is 9.94. The molecule has 0 saturated heterocycles. The Morgan fingerprint density at radius 2 is 2.00 bits per heavy atom. The van der Waals surface area contributed by atoms with Crippen LogP contribution >= 0.6 is 0 Å². The lowest BCUT2D eigenvalue weighted by atomic mass is 10.0. The molecule has 5 nitrogen and oxygen atoms in total. The van der Waals surface area contributed by atoms with Gasteiger partial charge in [0, 0.05) is 5.69 Å². The van der Waals surface area contributed by atoms with Crippen molar-refractivity contribution in [2.45, 2.75) is 53.0 Å². The van der Waals surface area contributed by atoms with Gasteiger partial charge in [0.05, 0.1) is 23.9 Å². The summed E-state index contributed by atoms with van der Waals surface area (Å²) in [5.41, 5.74) is 2.15. The fraction of sp³-hybridized carbons (Fsp3) is 0.714. The first kappa shape index (κ1) is 15.7. The summed E-state index contributed by atoms with van der Waals surface area (Å²) in [6, 6.07) is -0.207. The van der Waals surface area contributed by atoms with E-state index in [1.165, 1.54) is 0 Å². The zero-order chi connectivity index (χ0) is 14.6. The second kappa shape index (κ2) is 6.70. The topological polar surface area (TPSA) is 78.0 Å². The maximum absolute atomic E-state index is 12.3. The highest BCUT2D eigenvalue weighted by Gasteiger charge is 2.22. The number of nitrogens with zero attached hydrogens (tertiary/aromatic N) is 1. The number of nitrogens with one attached hydrogen (secondary N) is 2. The Hall–Kier alpha value is -1.36. The van der Waals surface area contributed by atoms with E-state index in [0.29, 0.717) is 11.5 Å². The zero-order valence-electron chi connectivity index (χ0n) is 12.4. The number of amides is 1. The molecule has 1 aromatic heterocycles. The quantitative estimate of drug-likeness (QED) is 0.737. The minimum atomic E-state index is -0.207. The van der Waals surface area contributed by atoms with Crippen molar-refractivity contribution >= 4 is 5.91 Å². The molecule has 5 heteroatoms. The molecule has 0 saturated carbocycles. The summed E-state index contributed by atoms with van der Waals surface area (Å²) < 4.78 is 0. The van der Waals surface area contributed by atoms with Gasteiger partial charge in [-0.1, -0.05) is 27.7 Å². The molecule has 0 aliphatic rings. The van der Waals surface area contributed by atoms with E-state index in [2.05, 4.69) is 29.4 Å². The van der Waals surface area contributed by atoms with E-state index in [4.69, 9.17) is 0 Å². The van der Waals surface area contributed by atoms with Crippen LogP contribution in [0.3, 0.4) is 0 Å². The monoisotopic (exact) mass is 267 g/mol. The Kier molecular flexibility index (Phi) is 5.54. The largest absolute Gasteiger partial charge is 0.394 e. The van der Waals surface area contributed by atoms with Crippen LogP contribution < -0.4 is 5.32 Å². The molecule has 3 N–H and O–H groups in total. The van der Waals surface area contributed by atoms with Crippen LogP contribution in [0.1, 0.15) is 61.8 Å². The van der Waals surface area contributed by atoms with E-state index >= 15 is 0 Å². The molecule has 108 valence electrons. The number of carbonyl (C=O) groups is 1. The van der Waals surface area contributed by atoms with Crippen LogP contribution in [0.5, 0.6) is 0 Å². The smallest absolute Gasteiger partial charge is 0.255 e. The summed E-state index contributed by atoms with van der Waals surface area (Å²) in [5, 5.41) is 19.3. The van der Waals surface area contributed by atoms with Crippen molar-refractivity contribution in [1.29, 1.82) is 0 Å². The molecule has 19 heavy (non-hydrogen) atoms. The third kappa shape index (κ3) is 4.06. The Bertz CT molecular complexity index is 424. The molecule has 1 aromatic rings. The summed E-state index contributed by atoms with van der Waals surface area (Å²) in [5.74, 6) is 0.450. The average molecular weight is 267 g/mol. The first-order valence-corrected chi connectivity index (χ1v) is 6.83. The normalized spacial score (nSPS) is 13.1. The van der Waals surface area contributed by atoms with Crippen molar-refractivity contribution in [2.24, 2.45) is 5.92 Å². The average Bonchev–Trinajstić information content (AvgIpc) is 2.69. The van der Waals surface area contributed by atoms with Gasteiger partial charge in [0.2, 0.25) is 0 Å².